The Morgan fingerprint density at radius 3 is 2.81 bits per heavy atom. The molecule has 0 spiro atoms. The Morgan fingerprint density at radius 2 is 2.31 bits per heavy atom. The summed E-state index contributed by atoms with van der Waals surface area (Å²) in [4.78, 5) is 18.1. The van der Waals surface area contributed by atoms with Gasteiger partial charge in [0, 0.05) is 25.1 Å². The summed E-state index contributed by atoms with van der Waals surface area (Å²) < 4.78 is 0. The van der Waals surface area contributed by atoms with Crippen LogP contribution in [0.15, 0.2) is 5.38 Å². The van der Waals surface area contributed by atoms with Gasteiger partial charge in [0.2, 0.25) is 0 Å². The topological polar surface area (TPSA) is 53.4 Å². The SMILES string of the molecule is Cc1nc(C(=O)N2CCC(CO)CC2)cs1. The molecular weight excluding hydrogens is 224 g/mol. The van der Waals surface area contributed by atoms with Gasteiger partial charge in [-0.25, -0.2) is 4.98 Å². The van der Waals surface area contributed by atoms with Crippen LogP contribution < -0.4 is 0 Å². The number of hydrogen-bond donors (Lipinski definition) is 1. The van der Waals surface area contributed by atoms with Crippen molar-refractivity contribution in [3.8, 4) is 0 Å². The second-order valence-corrected chi connectivity index (χ2v) is 5.23. The molecule has 1 aromatic rings. The van der Waals surface area contributed by atoms with E-state index in [0.717, 1.165) is 30.9 Å². The zero-order valence-electron chi connectivity index (χ0n) is 9.35. The minimum atomic E-state index is 0.0285. The fourth-order valence-electron chi connectivity index (χ4n) is 1.94. The van der Waals surface area contributed by atoms with Gasteiger partial charge in [-0.3, -0.25) is 4.79 Å². The van der Waals surface area contributed by atoms with Crippen molar-refractivity contribution in [2.75, 3.05) is 19.7 Å². The van der Waals surface area contributed by atoms with Crippen LogP contribution in [-0.2, 0) is 0 Å². The van der Waals surface area contributed by atoms with Gasteiger partial charge in [-0.15, -0.1) is 11.3 Å². The molecule has 2 heterocycles. The van der Waals surface area contributed by atoms with E-state index in [1.807, 2.05) is 17.2 Å². The van der Waals surface area contributed by atoms with E-state index in [1.54, 1.807) is 0 Å². The highest BCUT2D eigenvalue weighted by Gasteiger charge is 2.24. The number of aliphatic hydroxyl groups excluding tert-OH is 1. The van der Waals surface area contributed by atoms with E-state index < -0.39 is 0 Å². The molecule has 1 saturated heterocycles. The normalized spacial score (nSPS) is 17.8. The van der Waals surface area contributed by atoms with Crippen molar-refractivity contribution < 1.29 is 9.90 Å². The number of hydrogen-bond acceptors (Lipinski definition) is 4. The molecule has 1 fully saturated rings. The Morgan fingerprint density at radius 1 is 1.62 bits per heavy atom. The van der Waals surface area contributed by atoms with Crippen LogP contribution in [0.25, 0.3) is 0 Å². The second kappa shape index (κ2) is 4.93. The lowest BCUT2D eigenvalue weighted by molar-refractivity contribution is 0.0646. The lowest BCUT2D eigenvalue weighted by atomic mass is 9.98. The van der Waals surface area contributed by atoms with Crippen LogP contribution >= 0.6 is 11.3 Å². The van der Waals surface area contributed by atoms with Gasteiger partial charge >= 0.3 is 0 Å². The number of rotatable bonds is 2. The third-order valence-corrected chi connectivity index (χ3v) is 3.77. The fraction of sp³-hybridized carbons (Fsp3) is 0.636. The molecule has 1 aliphatic rings. The van der Waals surface area contributed by atoms with Crippen molar-refractivity contribution in [1.82, 2.24) is 9.88 Å². The Hall–Kier alpha value is -0.940. The largest absolute Gasteiger partial charge is 0.396 e. The van der Waals surface area contributed by atoms with Crippen LogP contribution in [0.4, 0.5) is 0 Å². The van der Waals surface area contributed by atoms with Crippen molar-refractivity contribution in [3.05, 3.63) is 16.1 Å². The lowest BCUT2D eigenvalue weighted by Gasteiger charge is -2.30. The summed E-state index contributed by atoms with van der Waals surface area (Å²) in [5.41, 5.74) is 0.560. The molecule has 1 aliphatic heterocycles. The average molecular weight is 240 g/mol. The zero-order valence-corrected chi connectivity index (χ0v) is 10.2. The highest BCUT2D eigenvalue weighted by molar-refractivity contribution is 7.09. The number of thiazole rings is 1. The van der Waals surface area contributed by atoms with Crippen LogP contribution in [0.3, 0.4) is 0 Å². The van der Waals surface area contributed by atoms with E-state index in [9.17, 15) is 4.79 Å². The molecular formula is C11H16N2O2S. The highest BCUT2D eigenvalue weighted by Crippen LogP contribution is 2.19. The van der Waals surface area contributed by atoms with E-state index in [4.69, 9.17) is 5.11 Å². The summed E-state index contributed by atoms with van der Waals surface area (Å²) in [6.07, 6.45) is 1.79. The number of carbonyl (C=O) groups excluding carboxylic acids is 1. The highest BCUT2D eigenvalue weighted by atomic mass is 32.1. The Labute approximate surface area is 98.9 Å². The average Bonchev–Trinajstić information content (AvgIpc) is 2.75. The van der Waals surface area contributed by atoms with Gasteiger partial charge in [-0.2, -0.15) is 0 Å². The Bertz CT molecular complexity index is 370. The van der Waals surface area contributed by atoms with E-state index in [0.29, 0.717) is 11.6 Å². The molecule has 0 bridgehead atoms. The first-order chi connectivity index (χ1) is 7.70. The zero-order chi connectivity index (χ0) is 11.5. The van der Waals surface area contributed by atoms with Crippen molar-refractivity contribution in [3.63, 3.8) is 0 Å². The van der Waals surface area contributed by atoms with E-state index in [1.165, 1.54) is 11.3 Å². The van der Waals surface area contributed by atoms with Crippen LogP contribution in [0.2, 0.25) is 0 Å². The minimum absolute atomic E-state index is 0.0285. The van der Waals surface area contributed by atoms with Gasteiger partial charge in [0.25, 0.3) is 5.91 Å². The molecule has 0 aromatic carbocycles. The summed E-state index contributed by atoms with van der Waals surface area (Å²) in [5.74, 6) is 0.391. The maximum atomic E-state index is 12.0. The molecule has 1 aromatic heterocycles. The number of aromatic nitrogens is 1. The summed E-state index contributed by atoms with van der Waals surface area (Å²) in [7, 11) is 0. The van der Waals surface area contributed by atoms with Gasteiger partial charge < -0.3 is 10.0 Å². The smallest absolute Gasteiger partial charge is 0.273 e. The van der Waals surface area contributed by atoms with E-state index in [-0.39, 0.29) is 12.5 Å². The number of carbonyl (C=O) groups is 1. The monoisotopic (exact) mass is 240 g/mol. The molecule has 1 N–H and O–H groups in total. The van der Waals surface area contributed by atoms with Gasteiger partial charge in [-0.1, -0.05) is 0 Å². The van der Waals surface area contributed by atoms with E-state index in [2.05, 4.69) is 4.98 Å². The third kappa shape index (κ3) is 2.41. The molecule has 4 nitrogen and oxygen atoms in total. The number of aryl methyl sites for hydroxylation is 1. The number of nitrogens with zero attached hydrogens (tertiary/aromatic N) is 2. The molecule has 88 valence electrons. The number of likely N-dealkylation sites (tertiary alicyclic amines) is 1. The number of piperidine rings is 1. The van der Waals surface area contributed by atoms with Crippen LogP contribution in [-0.4, -0.2) is 40.6 Å². The van der Waals surface area contributed by atoms with Crippen molar-refractivity contribution in [2.24, 2.45) is 5.92 Å². The van der Waals surface area contributed by atoms with Crippen molar-refractivity contribution >= 4 is 17.2 Å². The van der Waals surface area contributed by atoms with E-state index >= 15 is 0 Å². The van der Waals surface area contributed by atoms with Gasteiger partial charge in [0.05, 0.1) is 5.01 Å². The van der Waals surface area contributed by atoms with Crippen molar-refractivity contribution in [2.45, 2.75) is 19.8 Å². The Balaban J connectivity index is 1.96. The molecule has 1 amide bonds. The predicted octanol–water partition coefficient (Wildman–Crippen LogP) is 1.30. The van der Waals surface area contributed by atoms with Gasteiger partial charge in [0.1, 0.15) is 5.69 Å². The molecule has 5 heteroatoms. The number of aliphatic hydroxyl groups is 1. The maximum Gasteiger partial charge on any atom is 0.273 e. The van der Waals surface area contributed by atoms with Crippen LogP contribution in [0.1, 0.15) is 28.3 Å². The third-order valence-electron chi connectivity index (χ3n) is 3.00. The van der Waals surface area contributed by atoms with Crippen molar-refractivity contribution in [1.29, 1.82) is 0 Å². The molecule has 2 rings (SSSR count). The molecule has 0 saturated carbocycles. The summed E-state index contributed by atoms with van der Waals surface area (Å²) >= 11 is 1.50. The molecule has 0 aliphatic carbocycles. The Kier molecular flexibility index (Phi) is 3.56. The standard InChI is InChI=1S/C11H16N2O2S/c1-8-12-10(7-16-8)11(15)13-4-2-9(6-14)3-5-13/h7,9,14H,2-6H2,1H3. The minimum Gasteiger partial charge on any atom is -0.396 e. The van der Waals surface area contributed by atoms with Gasteiger partial charge in [0.15, 0.2) is 0 Å². The van der Waals surface area contributed by atoms with Crippen LogP contribution in [0.5, 0.6) is 0 Å². The first-order valence-corrected chi connectivity index (χ1v) is 6.41. The summed E-state index contributed by atoms with van der Waals surface area (Å²) in [6, 6.07) is 0. The first-order valence-electron chi connectivity index (χ1n) is 5.53. The lowest BCUT2D eigenvalue weighted by Crippen LogP contribution is -2.39. The fourth-order valence-corrected chi connectivity index (χ4v) is 2.53. The second-order valence-electron chi connectivity index (χ2n) is 4.17. The molecule has 0 unspecified atom stereocenters. The van der Waals surface area contributed by atoms with Gasteiger partial charge in [-0.05, 0) is 25.7 Å². The first kappa shape index (κ1) is 11.5. The predicted molar refractivity (Wildman–Crippen MR) is 62.6 cm³/mol. The quantitative estimate of drug-likeness (QED) is 0.847. The van der Waals surface area contributed by atoms with Crippen LogP contribution in [0, 0.1) is 12.8 Å². The maximum absolute atomic E-state index is 12.0. The molecule has 16 heavy (non-hydrogen) atoms. The number of amides is 1. The summed E-state index contributed by atoms with van der Waals surface area (Å²) in [6.45, 7) is 3.61. The molecule has 0 radical (unpaired) electrons. The summed E-state index contributed by atoms with van der Waals surface area (Å²) in [5, 5.41) is 11.8. The molecule has 0 atom stereocenters.